The molecule has 0 radical (unpaired) electrons. The molecule has 0 N–H and O–H groups in total. The molecule has 1 aliphatic heterocycles. The van der Waals surface area contributed by atoms with Crippen molar-refractivity contribution in [3.63, 3.8) is 0 Å². The number of nitro groups is 1. The third kappa shape index (κ3) is 4.79. The normalized spacial score (nSPS) is 16.6. The summed E-state index contributed by atoms with van der Waals surface area (Å²) >= 11 is 0. The van der Waals surface area contributed by atoms with E-state index in [1.165, 1.54) is 28.6 Å². The molecule has 0 aliphatic carbocycles. The van der Waals surface area contributed by atoms with Crippen LogP contribution in [0.5, 0.6) is 0 Å². The fourth-order valence-corrected chi connectivity index (χ4v) is 4.37. The van der Waals surface area contributed by atoms with E-state index in [9.17, 15) is 18.5 Å². The lowest BCUT2D eigenvalue weighted by molar-refractivity contribution is -0.384. The number of piperazine rings is 1. The van der Waals surface area contributed by atoms with E-state index in [-0.39, 0.29) is 10.6 Å². The second kappa shape index (κ2) is 8.43. The molecule has 1 aliphatic rings. The molecule has 1 saturated heterocycles. The van der Waals surface area contributed by atoms with Crippen LogP contribution in [0.3, 0.4) is 0 Å². The van der Waals surface area contributed by atoms with Gasteiger partial charge in [0.25, 0.3) is 5.69 Å². The Bertz CT molecular complexity index is 904. The summed E-state index contributed by atoms with van der Waals surface area (Å²) in [7, 11) is -3.63. The Morgan fingerprint density at radius 3 is 2.19 bits per heavy atom. The molecule has 0 unspecified atom stereocenters. The zero-order valence-electron chi connectivity index (χ0n) is 14.8. The van der Waals surface area contributed by atoms with Crippen LogP contribution < -0.4 is 0 Å². The average Bonchev–Trinajstić information content (AvgIpc) is 2.69. The Hall–Kier alpha value is -2.55. The van der Waals surface area contributed by atoms with Gasteiger partial charge in [-0.05, 0) is 17.7 Å². The number of hydrogen-bond donors (Lipinski definition) is 0. The van der Waals surface area contributed by atoms with Crippen LogP contribution in [-0.4, -0.2) is 55.3 Å². The number of benzene rings is 2. The van der Waals surface area contributed by atoms with Crippen LogP contribution in [0.1, 0.15) is 5.56 Å². The van der Waals surface area contributed by atoms with Crippen LogP contribution >= 0.6 is 0 Å². The average molecular weight is 387 g/mol. The summed E-state index contributed by atoms with van der Waals surface area (Å²) in [6, 6.07) is 15.0. The SMILES string of the molecule is O=[N+]([O-])c1ccc(S(=O)(=O)N2CCN(C/C=C/c3ccccc3)CC2)cc1. The van der Waals surface area contributed by atoms with Crippen LogP contribution in [0.2, 0.25) is 0 Å². The second-order valence-corrected chi connectivity index (χ2v) is 8.21. The van der Waals surface area contributed by atoms with E-state index < -0.39 is 14.9 Å². The Kier molecular flexibility index (Phi) is 6.00. The number of hydrogen-bond acceptors (Lipinski definition) is 5. The zero-order chi connectivity index (χ0) is 19.3. The molecule has 0 amide bonds. The third-order valence-electron chi connectivity index (χ3n) is 4.49. The van der Waals surface area contributed by atoms with Gasteiger partial charge in [-0.25, -0.2) is 8.42 Å². The topological polar surface area (TPSA) is 83.8 Å². The molecule has 2 aromatic carbocycles. The van der Waals surface area contributed by atoms with Crippen molar-refractivity contribution < 1.29 is 13.3 Å². The molecule has 142 valence electrons. The quantitative estimate of drug-likeness (QED) is 0.562. The third-order valence-corrected chi connectivity index (χ3v) is 6.40. The summed E-state index contributed by atoms with van der Waals surface area (Å²) < 4.78 is 26.8. The van der Waals surface area contributed by atoms with Crippen LogP contribution in [0.4, 0.5) is 5.69 Å². The molecule has 0 aromatic heterocycles. The first-order chi connectivity index (χ1) is 13.0. The summed E-state index contributed by atoms with van der Waals surface area (Å²) in [6.07, 6.45) is 4.13. The highest BCUT2D eigenvalue weighted by molar-refractivity contribution is 7.89. The van der Waals surface area contributed by atoms with Crippen molar-refractivity contribution >= 4 is 21.8 Å². The maximum atomic E-state index is 12.7. The molecule has 0 bridgehead atoms. The van der Waals surface area contributed by atoms with Gasteiger partial charge in [-0.3, -0.25) is 15.0 Å². The van der Waals surface area contributed by atoms with Gasteiger partial charge in [-0.15, -0.1) is 0 Å². The number of sulfonamides is 1. The Morgan fingerprint density at radius 2 is 1.59 bits per heavy atom. The Labute approximate surface area is 158 Å². The van der Waals surface area contributed by atoms with Crippen molar-refractivity contribution in [1.82, 2.24) is 9.21 Å². The van der Waals surface area contributed by atoms with Crippen LogP contribution in [0.15, 0.2) is 65.6 Å². The number of non-ortho nitro benzene ring substituents is 1. The smallest absolute Gasteiger partial charge is 0.269 e. The second-order valence-electron chi connectivity index (χ2n) is 6.27. The molecular formula is C19H21N3O4S. The maximum absolute atomic E-state index is 12.7. The van der Waals surface area contributed by atoms with Gasteiger partial charge in [0.05, 0.1) is 9.82 Å². The molecule has 1 heterocycles. The molecular weight excluding hydrogens is 366 g/mol. The molecule has 1 fully saturated rings. The highest BCUT2D eigenvalue weighted by Gasteiger charge is 2.28. The van der Waals surface area contributed by atoms with E-state index in [2.05, 4.69) is 17.1 Å². The van der Waals surface area contributed by atoms with E-state index in [1.54, 1.807) is 0 Å². The van der Waals surface area contributed by atoms with Gasteiger partial charge in [-0.1, -0.05) is 42.5 Å². The summed E-state index contributed by atoms with van der Waals surface area (Å²) in [6.45, 7) is 2.86. The zero-order valence-corrected chi connectivity index (χ0v) is 15.6. The summed E-state index contributed by atoms with van der Waals surface area (Å²) in [5.41, 5.74) is 1.01. The van der Waals surface area contributed by atoms with Gasteiger partial charge >= 0.3 is 0 Å². The van der Waals surface area contributed by atoms with E-state index in [0.29, 0.717) is 26.2 Å². The molecule has 0 spiro atoms. The van der Waals surface area contributed by atoms with Gasteiger partial charge in [-0.2, -0.15) is 4.31 Å². The fourth-order valence-electron chi connectivity index (χ4n) is 2.94. The maximum Gasteiger partial charge on any atom is 0.269 e. The largest absolute Gasteiger partial charge is 0.297 e. The Balaban J connectivity index is 1.56. The Morgan fingerprint density at radius 1 is 0.963 bits per heavy atom. The van der Waals surface area contributed by atoms with Gasteiger partial charge in [0.15, 0.2) is 0 Å². The lowest BCUT2D eigenvalue weighted by Crippen LogP contribution is -2.48. The minimum atomic E-state index is -3.63. The van der Waals surface area contributed by atoms with Crippen molar-refractivity contribution in [3.05, 3.63) is 76.4 Å². The van der Waals surface area contributed by atoms with E-state index in [1.807, 2.05) is 30.3 Å². The minimum Gasteiger partial charge on any atom is -0.297 e. The standard InChI is InChI=1S/C19H21N3O4S/c23-22(24)18-8-10-19(11-9-18)27(25,26)21-15-13-20(14-16-21)12-4-7-17-5-2-1-3-6-17/h1-11H,12-16H2/b7-4+. The number of rotatable bonds is 6. The van der Waals surface area contributed by atoms with Crippen LogP contribution in [0.25, 0.3) is 6.08 Å². The van der Waals surface area contributed by atoms with Crippen LogP contribution in [-0.2, 0) is 10.0 Å². The minimum absolute atomic E-state index is 0.0884. The lowest BCUT2D eigenvalue weighted by atomic mass is 10.2. The molecule has 2 aromatic rings. The molecule has 27 heavy (non-hydrogen) atoms. The van der Waals surface area contributed by atoms with Gasteiger partial charge in [0, 0.05) is 44.9 Å². The highest BCUT2D eigenvalue weighted by Crippen LogP contribution is 2.20. The van der Waals surface area contributed by atoms with Gasteiger partial charge in [0.1, 0.15) is 0 Å². The molecule has 7 nitrogen and oxygen atoms in total. The number of nitrogens with zero attached hydrogens (tertiary/aromatic N) is 3. The predicted molar refractivity (Wildman–Crippen MR) is 104 cm³/mol. The molecule has 0 saturated carbocycles. The summed E-state index contributed by atoms with van der Waals surface area (Å²) in [5, 5.41) is 10.7. The van der Waals surface area contributed by atoms with Gasteiger partial charge < -0.3 is 0 Å². The molecule has 3 rings (SSSR count). The van der Waals surface area contributed by atoms with Crippen molar-refractivity contribution in [2.75, 3.05) is 32.7 Å². The van der Waals surface area contributed by atoms with E-state index in [0.717, 1.165) is 12.1 Å². The monoisotopic (exact) mass is 387 g/mol. The highest BCUT2D eigenvalue weighted by atomic mass is 32.2. The summed E-state index contributed by atoms with van der Waals surface area (Å²) in [4.78, 5) is 12.5. The van der Waals surface area contributed by atoms with Gasteiger partial charge in [0.2, 0.25) is 10.0 Å². The predicted octanol–water partition coefficient (Wildman–Crippen LogP) is 2.61. The lowest BCUT2D eigenvalue weighted by Gasteiger charge is -2.33. The van der Waals surface area contributed by atoms with Crippen molar-refractivity contribution in [2.24, 2.45) is 0 Å². The van der Waals surface area contributed by atoms with Crippen LogP contribution in [0, 0.1) is 10.1 Å². The van der Waals surface area contributed by atoms with Crippen molar-refractivity contribution in [2.45, 2.75) is 4.90 Å². The summed E-state index contributed by atoms with van der Waals surface area (Å²) in [5.74, 6) is 0. The number of nitro benzene ring substituents is 1. The van der Waals surface area contributed by atoms with E-state index >= 15 is 0 Å². The molecule has 8 heteroatoms. The van der Waals surface area contributed by atoms with Crippen molar-refractivity contribution in [3.8, 4) is 0 Å². The van der Waals surface area contributed by atoms with Crippen molar-refractivity contribution in [1.29, 1.82) is 0 Å². The fraction of sp³-hybridized carbons (Fsp3) is 0.263. The molecule has 0 atom stereocenters. The van der Waals surface area contributed by atoms with E-state index in [4.69, 9.17) is 0 Å². The first-order valence-electron chi connectivity index (χ1n) is 8.65. The first-order valence-corrected chi connectivity index (χ1v) is 10.1. The first kappa shape index (κ1) is 19.2.